The van der Waals surface area contributed by atoms with Crippen molar-refractivity contribution in [3.63, 3.8) is 0 Å². The molecule has 5 aromatic rings. The number of aliphatic hydroxyl groups excluding tert-OH is 1. The standard InChI is InChI=1S/C28H30ClN9O3/c1-15-9-19(16(2)32-22-5-6-23(29)33-25(22)26-30-14-37(34-26)7-8-39)24-20(10-15)28(41)35(4)27-21(24)11-31-38(27)18-12-36(13-18)17(3)40/h5-6,9-11,14,16,18,32,39H,7-8,12-13H2,1-4H3. The van der Waals surface area contributed by atoms with Crippen molar-refractivity contribution in [2.24, 2.45) is 7.05 Å². The van der Waals surface area contributed by atoms with Gasteiger partial charge in [0.1, 0.15) is 22.8 Å². The monoisotopic (exact) mass is 575 g/mol. The molecule has 6 rings (SSSR count). The van der Waals surface area contributed by atoms with Gasteiger partial charge in [-0.2, -0.15) is 5.10 Å². The van der Waals surface area contributed by atoms with Gasteiger partial charge in [-0.3, -0.25) is 14.2 Å². The number of aliphatic hydroxyl groups is 1. The van der Waals surface area contributed by atoms with Gasteiger partial charge < -0.3 is 15.3 Å². The van der Waals surface area contributed by atoms with E-state index >= 15 is 0 Å². The van der Waals surface area contributed by atoms with Crippen LogP contribution in [-0.4, -0.2) is 69.7 Å². The number of nitrogens with zero attached hydrogens (tertiary/aromatic N) is 8. The number of nitrogens with one attached hydrogen (secondary N) is 1. The number of likely N-dealkylation sites (tertiary alicyclic amines) is 1. The average molecular weight is 576 g/mol. The van der Waals surface area contributed by atoms with Crippen molar-refractivity contribution in [3.05, 3.63) is 63.4 Å². The van der Waals surface area contributed by atoms with Crippen LogP contribution in [0.5, 0.6) is 0 Å². The molecular formula is C28H30ClN9O3. The summed E-state index contributed by atoms with van der Waals surface area (Å²) in [5, 5.41) is 24.5. The predicted octanol–water partition coefficient (Wildman–Crippen LogP) is 3.07. The third kappa shape index (κ3) is 4.62. The Bertz CT molecular complexity index is 1870. The molecule has 212 valence electrons. The molecule has 5 heterocycles. The zero-order valence-electron chi connectivity index (χ0n) is 23.2. The Morgan fingerprint density at radius 2 is 2.02 bits per heavy atom. The Morgan fingerprint density at radius 3 is 2.76 bits per heavy atom. The Balaban J connectivity index is 1.45. The Hall–Kier alpha value is -4.29. The van der Waals surface area contributed by atoms with Crippen molar-refractivity contribution >= 4 is 45.0 Å². The number of aryl methyl sites for hydroxylation is 2. The fourth-order valence-corrected chi connectivity index (χ4v) is 5.70. The second-order valence-electron chi connectivity index (χ2n) is 10.5. The van der Waals surface area contributed by atoms with E-state index in [0.29, 0.717) is 47.4 Å². The van der Waals surface area contributed by atoms with E-state index < -0.39 is 0 Å². The molecule has 4 aromatic heterocycles. The number of hydrogen-bond acceptors (Lipinski definition) is 8. The smallest absolute Gasteiger partial charge is 0.259 e. The lowest BCUT2D eigenvalue weighted by molar-refractivity contribution is -0.134. The van der Waals surface area contributed by atoms with Gasteiger partial charge in [0, 0.05) is 49.3 Å². The van der Waals surface area contributed by atoms with Gasteiger partial charge in [-0.15, -0.1) is 5.10 Å². The zero-order chi connectivity index (χ0) is 29.0. The molecule has 0 radical (unpaired) electrons. The van der Waals surface area contributed by atoms with E-state index in [0.717, 1.165) is 27.5 Å². The molecule has 1 aliphatic rings. The molecule has 0 aliphatic carbocycles. The van der Waals surface area contributed by atoms with E-state index in [-0.39, 0.29) is 30.2 Å². The van der Waals surface area contributed by atoms with Crippen LogP contribution in [0.4, 0.5) is 5.69 Å². The molecule has 1 saturated heterocycles. The molecule has 13 heteroatoms. The van der Waals surface area contributed by atoms with Gasteiger partial charge in [-0.25, -0.2) is 19.3 Å². The molecule has 1 aromatic carbocycles. The number of amides is 1. The first kappa shape index (κ1) is 26.9. The van der Waals surface area contributed by atoms with Crippen molar-refractivity contribution in [2.45, 2.75) is 39.4 Å². The molecular weight excluding hydrogens is 546 g/mol. The Morgan fingerprint density at radius 1 is 1.24 bits per heavy atom. The molecule has 41 heavy (non-hydrogen) atoms. The van der Waals surface area contributed by atoms with E-state index in [4.69, 9.17) is 11.6 Å². The minimum atomic E-state index is -0.255. The van der Waals surface area contributed by atoms with Crippen LogP contribution in [0.15, 0.2) is 41.6 Å². The van der Waals surface area contributed by atoms with E-state index in [1.165, 1.54) is 6.33 Å². The summed E-state index contributed by atoms with van der Waals surface area (Å²) in [6.07, 6.45) is 3.35. The third-order valence-electron chi connectivity index (χ3n) is 7.64. The SMILES string of the molecule is CC(=O)N1CC(n2ncc3c4c(C(C)Nc5ccc(Cl)nc5-c5ncn(CCO)n5)cc(C)cc4c(=O)n(C)c32)C1. The molecule has 1 fully saturated rings. The van der Waals surface area contributed by atoms with Crippen LogP contribution < -0.4 is 10.9 Å². The van der Waals surface area contributed by atoms with Crippen molar-refractivity contribution in [1.82, 2.24) is 39.0 Å². The number of anilines is 1. The quantitative estimate of drug-likeness (QED) is 0.283. The highest BCUT2D eigenvalue weighted by Gasteiger charge is 2.33. The number of aromatic nitrogens is 7. The molecule has 1 aliphatic heterocycles. The molecule has 12 nitrogen and oxygen atoms in total. The third-order valence-corrected chi connectivity index (χ3v) is 7.85. The number of pyridine rings is 2. The van der Waals surface area contributed by atoms with E-state index in [9.17, 15) is 14.7 Å². The maximum absolute atomic E-state index is 13.7. The summed E-state index contributed by atoms with van der Waals surface area (Å²) >= 11 is 6.25. The fraction of sp³-hybridized carbons (Fsp3) is 0.357. The van der Waals surface area contributed by atoms with Crippen molar-refractivity contribution in [1.29, 1.82) is 0 Å². The Kier molecular flexibility index (Phi) is 6.74. The maximum atomic E-state index is 13.7. The summed E-state index contributed by atoms with van der Waals surface area (Å²) < 4.78 is 5.06. The normalized spacial score (nSPS) is 14.5. The first-order valence-electron chi connectivity index (χ1n) is 13.4. The Labute approximate surface area is 240 Å². The molecule has 1 atom stereocenters. The number of rotatable bonds is 7. The molecule has 0 bridgehead atoms. The van der Waals surface area contributed by atoms with Crippen LogP contribution in [-0.2, 0) is 18.4 Å². The lowest BCUT2D eigenvalue weighted by atomic mass is 9.95. The predicted molar refractivity (Wildman–Crippen MR) is 156 cm³/mol. The summed E-state index contributed by atoms with van der Waals surface area (Å²) in [4.78, 5) is 36.1. The van der Waals surface area contributed by atoms with Crippen molar-refractivity contribution in [3.8, 4) is 11.5 Å². The van der Waals surface area contributed by atoms with Crippen molar-refractivity contribution < 1.29 is 9.90 Å². The van der Waals surface area contributed by atoms with Crippen LogP contribution in [0.1, 0.15) is 37.1 Å². The number of carbonyl (C=O) groups is 1. The highest BCUT2D eigenvalue weighted by Crippen LogP contribution is 2.35. The van der Waals surface area contributed by atoms with Crippen LogP contribution >= 0.6 is 11.6 Å². The highest BCUT2D eigenvalue weighted by molar-refractivity contribution is 6.29. The minimum absolute atomic E-state index is 0.00439. The van der Waals surface area contributed by atoms with Crippen molar-refractivity contribution in [2.75, 3.05) is 25.0 Å². The maximum Gasteiger partial charge on any atom is 0.259 e. The van der Waals surface area contributed by atoms with Crippen LogP contribution in [0.2, 0.25) is 5.15 Å². The second kappa shape index (κ2) is 10.3. The summed E-state index contributed by atoms with van der Waals surface area (Å²) in [6.45, 7) is 6.93. The number of benzene rings is 1. The molecule has 0 spiro atoms. The first-order chi connectivity index (χ1) is 19.7. The summed E-state index contributed by atoms with van der Waals surface area (Å²) in [7, 11) is 1.77. The number of halogens is 1. The lowest BCUT2D eigenvalue weighted by Gasteiger charge is -2.38. The molecule has 1 unspecified atom stereocenters. The average Bonchev–Trinajstić information content (AvgIpc) is 3.55. The fourth-order valence-electron chi connectivity index (χ4n) is 5.55. The number of carbonyl (C=O) groups excluding carboxylic acids is 1. The van der Waals surface area contributed by atoms with Gasteiger partial charge in [0.15, 0.2) is 0 Å². The highest BCUT2D eigenvalue weighted by atomic mass is 35.5. The summed E-state index contributed by atoms with van der Waals surface area (Å²) in [5.41, 5.74) is 3.66. The second-order valence-corrected chi connectivity index (χ2v) is 10.9. The minimum Gasteiger partial charge on any atom is -0.394 e. The van der Waals surface area contributed by atoms with Crippen LogP contribution in [0.25, 0.3) is 33.3 Å². The van der Waals surface area contributed by atoms with Crippen LogP contribution in [0.3, 0.4) is 0 Å². The van der Waals surface area contributed by atoms with Gasteiger partial charge in [0.2, 0.25) is 11.7 Å². The van der Waals surface area contributed by atoms with Gasteiger partial charge in [-0.1, -0.05) is 17.7 Å². The summed E-state index contributed by atoms with van der Waals surface area (Å²) in [5.74, 6) is 0.406. The van der Waals surface area contributed by atoms with E-state index in [1.807, 2.05) is 36.9 Å². The largest absolute Gasteiger partial charge is 0.394 e. The lowest BCUT2D eigenvalue weighted by Crippen LogP contribution is -2.50. The van der Waals surface area contributed by atoms with Gasteiger partial charge >= 0.3 is 0 Å². The molecule has 0 saturated carbocycles. The van der Waals surface area contributed by atoms with Gasteiger partial charge in [0.05, 0.1) is 31.1 Å². The van der Waals surface area contributed by atoms with Gasteiger partial charge in [-0.05, 0) is 43.2 Å². The number of fused-ring (bicyclic) bond motifs is 3. The first-order valence-corrected chi connectivity index (χ1v) is 13.7. The summed E-state index contributed by atoms with van der Waals surface area (Å²) in [6, 6.07) is 7.27. The number of hydrogen-bond donors (Lipinski definition) is 2. The molecule has 2 N–H and O–H groups in total. The van der Waals surface area contributed by atoms with Crippen LogP contribution in [0, 0.1) is 6.92 Å². The topological polar surface area (TPSA) is 136 Å². The molecule has 1 amide bonds. The van der Waals surface area contributed by atoms with E-state index in [1.54, 1.807) is 34.2 Å². The van der Waals surface area contributed by atoms with E-state index in [2.05, 4.69) is 31.5 Å². The van der Waals surface area contributed by atoms with Gasteiger partial charge in [0.25, 0.3) is 5.56 Å². The zero-order valence-corrected chi connectivity index (χ0v) is 23.9.